The molecule has 0 aliphatic heterocycles. The van der Waals surface area contributed by atoms with Gasteiger partial charge in [-0.15, -0.1) is 0 Å². The van der Waals surface area contributed by atoms with Crippen LogP contribution in [0.3, 0.4) is 0 Å². The van der Waals surface area contributed by atoms with E-state index in [0.29, 0.717) is 36.1 Å². The highest BCUT2D eigenvalue weighted by Gasteiger charge is 2.03. The third-order valence-electron chi connectivity index (χ3n) is 2.56. The second kappa shape index (κ2) is 5.77. The molecule has 0 bridgehead atoms. The van der Waals surface area contributed by atoms with Crippen molar-refractivity contribution >= 4 is 12.6 Å². The Bertz CT molecular complexity index is 547. The van der Waals surface area contributed by atoms with E-state index < -0.39 is 0 Å². The number of hydrogen-bond donors (Lipinski definition) is 0. The average molecular weight is 240 g/mol. The lowest BCUT2D eigenvalue weighted by Crippen LogP contribution is -1.97. The van der Waals surface area contributed by atoms with Gasteiger partial charge >= 0.3 is 0 Å². The van der Waals surface area contributed by atoms with Crippen LogP contribution in [-0.4, -0.2) is 12.6 Å². The molecule has 0 spiro atoms. The van der Waals surface area contributed by atoms with Crippen LogP contribution in [0.2, 0.25) is 0 Å². The van der Waals surface area contributed by atoms with Crippen LogP contribution in [0.1, 0.15) is 26.3 Å². The Morgan fingerprint density at radius 3 is 2.28 bits per heavy atom. The first-order valence-corrected chi connectivity index (χ1v) is 5.54. The van der Waals surface area contributed by atoms with Crippen molar-refractivity contribution in [2.45, 2.75) is 6.61 Å². The fourth-order valence-corrected chi connectivity index (χ4v) is 1.59. The van der Waals surface area contributed by atoms with Crippen molar-refractivity contribution in [1.29, 1.82) is 0 Å². The Labute approximate surface area is 105 Å². The second-order valence-corrected chi connectivity index (χ2v) is 3.80. The van der Waals surface area contributed by atoms with Gasteiger partial charge < -0.3 is 4.74 Å². The predicted octanol–water partition coefficient (Wildman–Crippen LogP) is 2.89. The van der Waals surface area contributed by atoms with Gasteiger partial charge in [-0.2, -0.15) is 0 Å². The smallest absolute Gasteiger partial charge is 0.150 e. The molecule has 0 aliphatic carbocycles. The topological polar surface area (TPSA) is 43.4 Å². The minimum atomic E-state index is 0.343. The normalized spacial score (nSPS) is 9.78. The van der Waals surface area contributed by atoms with Crippen LogP contribution in [0.4, 0.5) is 0 Å². The Balaban J connectivity index is 2.10. The van der Waals surface area contributed by atoms with E-state index in [2.05, 4.69) is 0 Å². The zero-order valence-electron chi connectivity index (χ0n) is 9.71. The lowest BCUT2D eigenvalue weighted by Gasteiger charge is -2.07. The molecule has 2 aromatic rings. The zero-order chi connectivity index (χ0) is 12.8. The molecular formula is C15H12O3. The summed E-state index contributed by atoms with van der Waals surface area (Å²) >= 11 is 0. The molecule has 0 atom stereocenters. The van der Waals surface area contributed by atoms with Gasteiger partial charge in [-0.3, -0.25) is 9.59 Å². The molecule has 0 aromatic heterocycles. The van der Waals surface area contributed by atoms with Crippen molar-refractivity contribution in [2.75, 3.05) is 0 Å². The number of rotatable bonds is 5. The summed E-state index contributed by atoms with van der Waals surface area (Å²) in [6, 6.07) is 14.6. The van der Waals surface area contributed by atoms with Crippen molar-refractivity contribution in [3.8, 4) is 5.75 Å². The van der Waals surface area contributed by atoms with E-state index in [1.54, 1.807) is 18.2 Å². The van der Waals surface area contributed by atoms with E-state index in [9.17, 15) is 9.59 Å². The molecule has 0 radical (unpaired) electrons. The molecule has 0 amide bonds. The first-order chi connectivity index (χ1) is 8.83. The quantitative estimate of drug-likeness (QED) is 0.755. The van der Waals surface area contributed by atoms with Gasteiger partial charge in [0.25, 0.3) is 0 Å². The van der Waals surface area contributed by atoms with Gasteiger partial charge in [0.1, 0.15) is 12.4 Å². The van der Waals surface area contributed by atoms with Crippen molar-refractivity contribution in [3.63, 3.8) is 0 Å². The van der Waals surface area contributed by atoms with Crippen LogP contribution >= 0.6 is 0 Å². The molecule has 0 N–H and O–H groups in total. The zero-order valence-corrected chi connectivity index (χ0v) is 9.71. The van der Waals surface area contributed by atoms with Gasteiger partial charge in [0.05, 0.1) is 0 Å². The lowest BCUT2D eigenvalue weighted by atomic mass is 10.1. The third kappa shape index (κ3) is 2.83. The summed E-state index contributed by atoms with van der Waals surface area (Å²) in [4.78, 5) is 21.5. The summed E-state index contributed by atoms with van der Waals surface area (Å²) in [6.07, 6.45) is 1.31. The number of ether oxygens (including phenoxy) is 1. The van der Waals surface area contributed by atoms with Crippen LogP contribution in [0.15, 0.2) is 48.5 Å². The second-order valence-electron chi connectivity index (χ2n) is 3.80. The standard InChI is InChI=1S/C15H12O3/c16-9-13-6-7-15(8-14(13)10-17)18-11-12-4-2-1-3-5-12/h1-10H,11H2. The molecule has 0 unspecified atom stereocenters. The molecule has 2 rings (SSSR count). The Hall–Kier alpha value is -2.42. The summed E-state index contributed by atoms with van der Waals surface area (Å²) in [5.41, 5.74) is 1.76. The number of carbonyl (C=O) groups is 2. The summed E-state index contributed by atoms with van der Waals surface area (Å²) in [5.74, 6) is 0.576. The van der Waals surface area contributed by atoms with E-state index in [1.807, 2.05) is 30.3 Å². The Kier molecular flexibility index (Phi) is 3.86. The number of aldehydes is 2. The van der Waals surface area contributed by atoms with Crippen LogP contribution < -0.4 is 4.74 Å². The Morgan fingerprint density at radius 2 is 1.61 bits per heavy atom. The van der Waals surface area contributed by atoms with E-state index in [1.165, 1.54) is 0 Å². The summed E-state index contributed by atoms with van der Waals surface area (Å²) in [6.45, 7) is 0.430. The monoisotopic (exact) mass is 240 g/mol. The third-order valence-corrected chi connectivity index (χ3v) is 2.56. The van der Waals surface area contributed by atoms with Crippen molar-refractivity contribution in [2.24, 2.45) is 0 Å². The maximum absolute atomic E-state index is 10.8. The first-order valence-electron chi connectivity index (χ1n) is 5.54. The molecule has 90 valence electrons. The molecule has 0 saturated heterocycles. The van der Waals surface area contributed by atoms with E-state index >= 15 is 0 Å². The van der Waals surface area contributed by atoms with Crippen molar-refractivity contribution in [3.05, 3.63) is 65.2 Å². The molecule has 0 heterocycles. The predicted molar refractivity (Wildman–Crippen MR) is 68.0 cm³/mol. The highest BCUT2D eigenvalue weighted by molar-refractivity contribution is 5.90. The van der Waals surface area contributed by atoms with Gasteiger partial charge in [0.15, 0.2) is 12.6 Å². The van der Waals surface area contributed by atoms with Crippen LogP contribution in [0.25, 0.3) is 0 Å². The fraction of sp³-hybridized carbons (Fsp3) is 0.0667. The number of carbonyl (C=O) groups excluding carboxylic acids is 2. The number of benzene rings is 2. The highest BCUT2D eigenvalue weighted by Crippen LogP contribution is 2.17. The largest absolute Gasteiger partial charge is 0.489 e. The van der Waals surface area contributed by atoms with E-state index in [-0.39, 0.29) is 0 Å². The van der Waals surface area contributed by atoms with Gasteiger partial charge in [0, 0.05) is 11.1 Å². The van der Waals surface area contributed by atoms with Crippen LogP contribution in [-0.2, 0) is 6.61 Å². The molecule has 0 saturated carbocycles. The molecular weight excluding hydrogens is 228 g/mol. The van der Waals surface area contributed by atoms with Gasteiger partial charge in [0.2, 0.25) is 0 Å². The first kappa shape index (κ1) is 12.0. The molecule has 0 fully saturated rings. The maximum atomic E-state index is 10.8. The van der Waals surface area contributed by atoms with E-state index in [0.717, 1.165) is 5.56 Å². The van der Waals surface area contributed by atoms with Gasteiger partial charge in [-0.1, -0.05) is 30.3 Å². The summed E-state index contributed by atoms with van der Waals surface area (Å²) < 4.78 is 5.56. The highest BCUT2D eigenvalue weighted by atomic mass is 16.5. The number of hydrogen-bond acceptors (Lipinski definition) is 3. The minimum Gasteiger partial charge on any atom is -0.489 e. The van der Waals surface area contributed by atoms with Crippen molar-refractivity contribution < 1.29 is 14.3 Å². The van der Waals surface area contributed by atoms with Crippen LogP contribution in [0.5, 0.6) is 5.75 Å². The summed E-state index contributed by atoms with van der Waals surface area (Å²) in [7, 11) is 0. The van der Waals surface area contributed by atoms with Gasteiger partial charge in [-0.25, -0.2) is 0 Å². The minimum absolute atomic E-state index is 0.343. The van der Waals surface area contributed by atoms with Gasteiger partial charge in [-0.05, 0) is 23.8 Å². The molecule has 2 aromatic carbocycles. The average Bonchev–Trinajstić information content (AvgIpc) is 2.45. The molecule has 3 heteroatoms. The maximum Gasteiger partial charge on any atom is 0.150 e. The molecule has 3 nitrogen and oxygen atoms in total. The summed E-state index contributed by atoms with van der Waals surface area (Å²) in [5, 5.41) is 0. The lowest BCUT2D eigenvalue weighted by molar-refractivity contribution is 0.109. The SMILES string of the molecule is O=Cc1ccc(OCc2ccccc2)cc1C=O. The Morgan fingerprint density at radius 1 is 0.889 bits per heavy atom. The fourth-order valence-electron chi connectivity index (χ4n) is 1.59. The van der Waals surface area contributed by atoms with Crippen molar-refractivity contribution in [1.82, 2.24) is 0 Å². The molecule has 18 heavy (non-hydrogen) atoms. The van der Waals surface area contributed by atoms with E-state index in [4.69, 9.17) is 4.74 Å². The molecule has 0 aliphatic rings. The van der Waals surface area contributed by atoms with Crippen LogP contribution in [0, 0.1) is 0 Å².